The summed E-state index contributed by atoms with van der Waals surface area (Å²) in [5, 5.41) is 10.5. The first-order valence-electron chi connectivity index (χ1n) is 6.19. The molecule has 92 valence electrons. The van der Waals surface area contributed by atoms with Crippen molar-refractivity contribution >= 4 is 0 Å². The number of hydrogen-bond donors (Lipinski definition) is 2. The van der Waals surface area contributed by atoms with E-state index in [0.29, 0.717) is 6.04 Å². The number of rotatable bonds is 7. The van der Waals surface area contributed by atoms with Gasteiger partial charge in [-0.05, 0) is 32.6 Å². The number of nitrogens with one attached hydrogen (secondary N) is 2. The van der Waals surface area contributed by atoms with Crippen LogP contribution in [0, 0.1) is 12.8 Å². The van der Waals surface area contributed by atoms with Gasteiger partial charge in [0.05, 0.1) is 0 Å². The minimum Gasteiger partial charge on any atom is -0.314 e. The van der Waals surface area contributed by atoms with Crippen molar-refractivity contribution in [2.45, 2.75) is 53.0 Å². The van der Waals surface area contributed by atoms with Crippen molar-refractivity contribution in [2.75, 3.05) is 6.54 Å². The normalized spacial score (nSPS) is 13.3. The number of hydrogen-bond acceptors (Lipinski definition) is 3. The summed E-state index contributed by atoms with van der Waals surface area (Å²) in [7, 11) is 0. The number of H-pyrrole nitrogens is 1. The molecule has 16 heavy (non-hydrogen) atoms. The number of aromatic amines is 1. The molecular weight excluding hydrogens is 200 g/mol. The van der Waals surface area contributed by atoms with Crippen LogP contribution in [0.15, 0.2) is 0 Å². The Morgan fingerprint density at radius 1 is 1.25 bits per heavy atom. The zero-order valence-electron chi connectivity index (χ0n) is 10.9. The van der Waals surface area contributed by atoms with Crippen LogP contribution in [0.1, 0.15) is 45.3 Å². The van der Waals surface area contributed by atoms with E-state index in [2.05, 4.69) is 41.3 Å². The van der Waals surface area contributed by atoms with Crippen LogP contribution in [0.3, 0.4) is 0 Å². The van der Waals surface area contributed by atoms with Gasteiger partial charge in [-0.3, -0.25) is 5.10 Å². The molecule has 0 spiro atoms. The standard InChI is InChI=1S/C12H24N4/c1-9(2)5-6-10(3)13-8-7-12-14-11(4)15-16-12/h9-10,13H,5-8H2,1-4H3,(H,14,15,16). The van der Waals surface area contributed by atoms with Crippen molar-refractivity contribution in [3.63, 3.8) is 0 Å². The second kappa shape index (κ2) is 6.63. The number of nitrogens with zero attached hydrogens (tertiary/aromatic N) is 2. The highest BCUT2D eigenvalue weighted by Gasteiger charge is 2.04. The third-order valence-corrected chi connectivity index (χ3v) is 2.66. The lowest BCUT2D eigenvalue weighted by Crippen LogP contribution is -2.28. The van der Waals surface area contributed by atoms with E-state index >= 15 is 0 Å². The highest BCUT2D eigenvalue weighted by atomic mass is 15.2. The van der Waals surface area contributed by atoms with E-state index in [1.54, 1.807) is 0 Å². The van der Waals surface area contributed by atoms with E-state index in [1.165, 1.54) is 12.8 Å². The van der Waals surface area contributed by atoms with Gasteiger partial charge in [0.25, 0.3) is 0 Å². The predicted octanol–water partition coefficient (Wildman–Crippen LogP) is 2.07. The Kier molecular flexibility index (Phi) is 5.46. The largest absolute Gasteiger partial charge is 0.314 e. The molecule has 0 aliphatic heterocycles. The second-order valence-corrected chi connectivity index (χ2v) is 4.91. The lowest BCUT2D eigenvalue weighted by Gasteiger charge is -2.14. The average molecular weight is 224 g/mol. The fraction of sp³-hybridized carbons (Fsp3) is 0.833. The second-order valence-electron chi connectivity index (χ2n) is 4.91. The van der Waals surface area contributed by atoms with Gasteiger partial charge in [0.15, 0.2) is 5.82 Å². The van der Waals surface area contributed by atoms with Crippen LogP contribution in [0.5, 0.6) is 0 Å². The molecule has 4 nitrogen and oxygen atoms in total. The quantitative estimate of drug-likeness (QED) is 0.745. The molecule has 1 aromatic heterocycles. The molecule has 0 amide bonds. The first kappa shape index (κ1) is 13.2. The van der Waals surface area contributed by atoms with Gasteiger partial charge in [-0.25, -0.2) is 4.98 Å². The highest BCUT2D eigenvalue weighted by molar-refractivity contribution is 4.88. The molecular formula is C12H24N4. The summed E-state index contributed by atoms with van der Waals surface area (Å²) in [6, 6.07) is 0.586. The van der Waals surface area contributed by atoms with Crippen LogP contribution in [0.25, 0.3) is 0 Å². The summed E-state index contributed by atoms with van der Waals surface area (Å²) < 4.78 is 0. The van der Waals surface area contributed by atoms with Crippen molar-refractivity contribution in [3.05, 3.63) is 11.6 Å². The molecule has 1 heterocycles. The Labute approximate surface area is 98.2 Å². The van der Waals surface area contributed by atoms with Crippen molar-refractivity contribution in [2.24, 2.45) is 5.92 Å². The Hall–Kier alpha value is -0.900. The molecule has 0 aliphatic rings. The van der Waals surface area contributed by atoms with Gasteiger partial charge >= 0.3 is 0 Å². The van der Waals surface area contributed by atoms with E-state index in [9.17, 15) is 0 Å². The summed E-state index contributed by atoms with van der Waals surface area (Å²) in [4.78, 5) is 4.28. The fourth-order valence-electron chi connectivity index (χ4n) is 1.62. The summed E-state index contributed by atoms with van der Waals surface area (Å²) in [5.74, 6) is 2.59. The number of aryl methyl sites for hydroxylation is 1. The van der Waals surface area contributed by atoms with E-state index in [1.807, 2.05) is 6.92 Å². The van der Waals surface area contributed by atoms with Crippen molar-refractivity contribution < 1.29 is 0 Å². The first-order chi connectivity index (χ1) is 7.58. The summed E-state index contributed by atoms with van der Waals surface area (Å²) in [6.07, 6.45) is 3.43. The van der Waals surface area contributed by atoms with Crippen LogP contribution in [0.4, 0.5) is 0 Å². The molecule has 1 atom stereocenters. The molecule has 0 aliphatic carbocycles. The zero-order chi connectivity index (χ0) is 12.0. The topological polar surface area (TPSA) is 53.6 Å². The van der Waals surface area contributed by atoms with E-state index in [0.717, 1.165) is 30.5 Å². The van der Waals surface area contributed by atoms with Crippen LogP contribution in [-0.4, -0.2) is 27.8 Å². The molecule has 1 aromatic rings. The van der Waals surface area contributed by atoms with Crippen molar-refractivity contribution in [1.82, 2.24) is 20.5 Å². The lowest BCUT2D eigenvalue weighted by molar-refractivity contribution is 0.452. The van der Waals surface area contributed by atoms with Gasteiger partial charge in [0.2, 0.25) is 0 Å². The maximum Gasteiger partial charge on any atom is 0.151 e. The molecule has 0 aromatic carbocycles. The molecule has 1 unspecified atom stereocenters. The minimum absolute atomic E-state index is 0.586. The van der Waals surface area contributed by atoms with Gasteiger partial charge in [-0.1, -0.05) is 13.8 Å². The maximum atomic E-state index is 4.28. The van der Waals surface area contributed by atoms with Gasteiger partial charge < -0.3 is 5.32 Å². The van der Waals surface area contributed by atoms with Crippen LogP contribution >= 0.6 is 0 Å². The fourth-order valence-corrected chi connectivity index (χ4v) is 1.62. The SMILES string of the molecule is Cc1nc(CCNC(C)CCC(C)C)n[nH]1. The van der Waals surface area contributed by atoms with Crippen molar-refractivity contribution in [3.8, 4) is 0 Å². The monoisotopic (exact) mass is 224 g/mol. The third kappa shape index (κ3) is 5.26. The van der Waals surface area contributed by atoms with Gasteiger partial charge in [-0.15, -0.1) is 0 Å². The van der Waals surface area contributed by atoms with E-state index < -0.39 is 0 Å². The molecule has 1 rings (SSSR count). The summed E-state index contributed by atoms with van der Waals surface area (Å²) in [5.41, 5.74) is 0. The molecule has 0 saturated heterocycles. The zero-order valence-corrected chi connectivity index (χ0v) is 10.9. The Balaban J connectivity index is 2.10. The molecule has 4 heteroatoms. The minimum atomic E-state index is 0.586. The summed E-state index contributed by atoms with van der Waals surface area (Å²) in [6.45, 7) is 9.66. The van der Waals surface area contributed by atoms with Gasteiger partial charge in [0, 0.05) is 19.0 Å². The Bertz CT molecular complexity index is 293. The molecule has 0 radical (unpaired) electrons. The van der Waals surface area contributed by atoms with E-state index in [-0.39, 0.29) is 0 Å². The Morgan fingerprint density at radius 3 is 2.56 bits per heavy atom. The average Bonchev–Trinajstić information content (AvgIpc) is 2.61. The van der Waals surface area contributed by atoms with Crippen LogP contribution in [0.2, 0.25) is 0 Å². The molecule has 0 bridgehead atoms. The molecule has 2 N–H and O–H groups in total. The third-order valence-electron chi connectivity index (χ3n) is 2.66. The predicted molar refractivity (Wildman–Crippen MR) is 66.4 cm³/mol. The molecule has 0 fully saturated rings. The van der Waals surface area contributed by atoms with Crippen LogP contribution in [-0.2, 0) is 6.42 Å². The number of aromatic nitrogens is 3. The Morgan fingerprint density at radius 2 is 2.00 bits per heavy atom. The lowest BCUT2D eigenvalue weighted by atomic mass is 10.0. The maximum absolute atomic E-state index is 4.28. The van der Waals surface area contributed by atoms with Gasteiger partial charge in [-0.2, -0.15) is 5.10 Å². The summed E-state index contributed by atoms with van der Waals surface area (Å²) >= 11 is 0. The van der Waals surface area contributed by atoms with Crippen molar-refractivity contribution in [1.29, 1.82) is 0 Å². The smallest absolute Gasteiger partial charge is 0.151 e. The molecule has 0 saturated carbocycles. The van der Waals surface area contributed by atoms with Crippen LogP contribution < -0.4 is 5.32 Å². The van der Waals surface area contributed by atoms with E-state index in [4.69, 9.17) is 0 Å². The van der Waals surface area contributed by atoms with Gasteiger partial charge in [0.1, 0.15) is 5.82 Å². The first-order valence-corrected chi connectivity index (χ1v) is 6.19. The highest BCUT2D eigenvalue weighted by Crippen LogP contribution is 2.06.